The van der Waals surface area contributed by atoms with Crippen LogP contribution in [-0.4, -0.2) is 31.2 Å². The van der Waals surface area contributed by atoms with Gasteiger partial charge in [-0.3, -0.25) is 4.79 Å². The normalized spacial score (nSPS) is 11.3. The second kappa shape index (κ2) is 7.39. The number of carbonyl (C=O) groups excluding carboxylic acids is 1. The summed E-state index contributed by atoms with van der Waals surface area (Å²) < 4.78 is 60.7. The lowest BCUT2D eigenvalue weighted by atomic mass is 10.3. The number of nitrogens with one attached hydrogen (secondary N) is 1. The highest BCUT2D eigenvalue weighted by atomic mass is 32.2. The number of hydrogen-bond donors (Lipinski definition) is 1. The van der Waals surface area contributed by atoms with Crippen molar-refractivity contribution in [3.8, 4) is 11.4 Å². The van der Waals surface area contributed by atoms with Gasteiger partial charge in [0.1, 0.15) is 16.3 Å². The van der Waals surface area contributed by atoms with Gasteiger partial charge in [-0.2, -0.15) is 5.10 Å². The van der Waals surface area contributed by atoms with Crippen molar-refractivity contribution in [3.63, 3.8) is 0 Å². The van der Waals surface area contributed by atoms with Crippen LogP contribution in [0.3, 0.4) is 0 Å². The number of halogens is 2. The molecule has 0 aliphatic heterocycles. The molecule has 7 nitrogen and oxygen atoms in total. The molecule has 0 saturated carbocycles. The van der Waals surface area contributed by atoms with Gasteiger partial charge in [0.05, 0.1) is 7.11 Å². The zero-order chi connectivity index (χ0) is 20.5. The van der Waals surface area contributed by atoms with Gasteiger partial charge in [-0.25, -0.2) is 26.6 Å². The number of sulfonamides is 1. The Kier molecular flexibility index (Phi) is 5.14. The van der Waals surface area contributed by atoms with Crippen LogP contribution >= 0.6 is 0 Å². The molecule has 2 aromatic carbocycles. The third kappa shape index (κ3) is 3.58. The lowest BCUT2D eigenvalue weighted by molar-refractivity contribution is 0.0976. The summed E-state index contributed by atoms with van der Waals surface area (Å²) in [5, 5.41) is 3.85. The van der Waals surface area contributed by atoms with Crippen molar-refractivity contribution in [3.05, 3.63) is 71.6 Å². The van der Waals surface area contributed by atoms with Crippen molar-refractivity contribution in [2.75, 3.05) is 7.11 Å². The van der Waals surface area contributed by atoms with Crippen LogP contribution in [0.4, 0.5) is 8.78 Å². The van der Waals surface area contributed by atoms with E-state index in [1.807, 2.05) is 4.72 Å². The largest absolute Gasteiger partial charge is 0.495 e. The Balaban J connectivity index is 1.94. The maximum absolute atomic E-state index is 14.0. The van der Waals surface area contributed by atoms with Gasteiger partial charge in [0.15, 0.2) is 17.3 Å². The first kappa shape index (κ1) is 19.5. The Bertz CT molecular complexity index is 1140. The third-order valence-electron chi connectivity index (χ3n) is 3.86. The number of rotatable bonds is 5. The fraction of sp³-hybridized carbons (Fsp3) is 0.111. The van der Waals surface area contributed by atoms with Crippen LogP contribution in [0.25, 0.3) is 5.69 Å². The first-order chi connectivity index (χ1) is 13.2. The first-order valence-electron chi connectivity index (χ1n) is 7.96. The Morgan fingerprint density at radius 1 is 1.11 bits per heavy atom. The Morgan fingerprint density at radius 2 is 1.75 bits per heavy atom. The number of aromatic nitrogens is 2. The molecule has 1 aromatic heterocycles. The first-order valence-corrected chi connectivity index (χ1v) is 9.44. The Labute approximate surface area is 159 Å². The molecule has 0 aliphatic rings. The van der Waals surface area contributed by atoms with Crippen LogP contribution in [0.1, 0.15) is 16.2 Å². The SMILES string of the molecule is COc1ccccc1S(=O)(=O)NC(=O)c1cc(C)n(-c2c(F)cccc2F)n1. The minimum absolute atomic E-state index is 0.0536. The summed E-state index contributed by atoms with van der Waals surface area (Å²) in [6.45, 7) is 1.48. The summed E-state index contributed by atoms with van der Waals surface area (Å²) in [5.74, 6) is -2.75. The molecule has 10 heteroatoms. The number of aryl methyl sites for hydroxylation is 1. The molecule has 28 heavy (non-hydrogen) atoms. The zero-order valence-corrected chi connectivity index (χ0v) is 15.6. The second-order valence-corrected chi connectivity index (χ2v) is 7.39. The lowest BCUT2D eigenvalue weighted by Gasteiger charge is -2.09. The van der Waals surface area contributed by atoms with E-state index in [1.165, 1.54) is 44.4 Å². The second-order valence-electron chi connectivity index (χ2n) is 5.74. The van der Waals surface area contributed by atoms with E-state index in [0.29, 0.717) is 0 Å². The van der Waals surface area contributed by atoms with Crippen LogP contribution in [0.2, 0.25) is 0 Å². The molecule has 1 heterocycles. The van der Waals surface area contributed by atoms with Gasteiger partial charge < -0.3 is 4.74 Å². The predicted octanol–water partition coefficient (Wildman–Crippen LogP) is 2.59. The molecule has 0 saturated heterocycles. The monoisotopic (exact) mass is 407 g/mol. The number of amides is 1. The fourth-order valence-corrected chi connectivity index (χ4v) is 3.71. The van der Waals surface area contributed by atoms with E-state index in [9.17, 15) is 22.0 Å². The van der Waals surface area contributed by atoms with Crippen LogP contribution in [0.5, 0.6) is 5.75 Å². The van der Waals surface area contributed by atoms with Crippen LogP contribution in [0, 0.1) is 18.6 Å². The zero-order valence-electron chi connectivity index (χ0n) is 14.8. The van der Waals surface area contributed by atoms with Crippen molar-refractivity contribution in [1.29, 1.82) is 0 Å². The Hall–Kier alpha value is -3.27. The van der Waals surface area contributed by atoms with Crippen molar-refractivity contribution in [1.82, 2.24) is 14.5 Å². The van der Waals surface area contributed by atoms with Crippen molar-refractivity contribution >= 4 is 15.9 Å². The quantitative estimate of drug-likeness (QED) is 0.702. The molecule has 0 fully saturated rings. The third-order valence-corrected chi connectivity index (χ3v) is 5.23. The van der Waals surface area contributed by atoms with Gasteiger partial charge in [-0.15, -0.1) is 0 Å². The lowest BCUT2D eigenvalue weighted by Crippen LogP contribution is -2.31. The van der Waals surface area contributed by atoms with Gasteiger partial charge in [0, 0.05) is 5.69 Å². The van der Waals surface area contributed by atoms with E-state index in [4.69, 9.17) is 4.74 Å². The summed E-state index contributed by atoms with van der Waals surface area (Å²) in [7, 11) is -2.96. The summed E-state index contributed by atoms with van der Waals surface area (Å²) in [6.07, 6.45) is 0. The summed E-state index contributed by atoms with van der Waals surface area (Å²) in [4.78, 5) is 12.2. The highest BCUT2D eigenvalue weighted by Gasteiger charge is 2.25. The topological polar surface area (TPSA) is 90.3 Å². The van der Waals surface area contributed by atoms with Crippen molar-refractivity contribution < 1.29 is 26.7 Å². The number of benzene rings is 2. The van der Waals surface area contributed by atoms with E-state index in [-0.39, 0.29) is 22.0 Å². The van der Waals surface area contributed by atoms with E-state index in [2.05, 4.69) is 5.10 Å². The van der Waals surface area contributed by atoms with E-state index in [0.717, 1.165) is 16.8 Å². The van der Waals surface area contributed by atoms with Crippen molar-refractivity contribution in [2.24, 2.45) is 0 Å². The van der Waals surface area contributed by atoms with Gasteiger partial charge >= 0.3 is 0 Å². The van der Waals surface area contributed by atoms with Gasteiger partial charge in [-0.1, -0.05) is 18.2 Å². The van der Waals surface area contributed by atoms with E-state index >= 15 is 0 Å². The molecule has 146 valence electrons. The van der Waals surface area contributed by atoms with Gasteiger partial charge in [0.2, 0.25) is 0 Å². The molecule has 1 amide bonds. The average Bonchev–Trinajstić information content (AvgIpc) is 3.03. The van der Waals surface area contributed by atoms with Crippen LogP contribution < -0.4 is 9.46 Å². The Morgan fingerprint density at radius 3 is 2.39 bits per heavy atom. The minimum atomic E-state index is -4.26. The molecule has 3 aromatic rings. The number of ether oxygens (including phenoxy) is 1. The molecule has 1 N–H and O–H groups in total. The number of hydrogen-bond acceptors (Lipinski definition) is 5. The molecule has 0 radical (unpaired) electrons. The van der Waals surface area contributed by atoms with Gasteiger partial charge in [-0.05, 0) is 37.3 Å². The molecule has 0 bridgehead atoms. The smallest absolute Gasteiger partial charge is 0.285 e. The molecule has 0 unspecified atom stereocenters. The van der Waals surface area contributed by atoms with E-state index < -0.39 is 33.3 Å². The predicted molar refractivity (Wildman–Crippen MR) is 95.9 cm³/mol. The maximum atomic E-state index is 14.0. The van der Waals surface area contributed by atoms with Gasteiger partial charge in [0.25, 0.3) is 15.9 Å². The molecule has 0 aliphatic carbocycles. The van der Waals surface area contributed by atoms with E-state index in [1.54, 1.807) is 6.07 Å². The molecule has 3 rings (SSSR count). The highest BCUT2D eigenvalue weighted by Crippen LogP contribution is 2.23. The average molecular weight is 407 g/mol. The fourth-order valence-electron chi connectivity index (χ4n) is 2.57. The molecular weight excluding hydrogens is 392 g/mol. The number of methoxy groups -OCH3 is 1. The maximum Gasteiger partial charge on any atom is 0.285 e. The molecule has 0 atom stereocenters. The minimum Gasteiger partial charge on any atom is -0.495 e. The van der Waals surface area contributed by atoms with Crippen LogP contribution in [0.15, 0.2) is 53.4 Å². The summed E-state index contributed by atoms with van der Waals surface area (Å²) in [5.41, 5.74) is -0.547. The number of nitrogens with zero attached hydrogens (tertiary/aromatic N) is 2. The summed E-state index contributed by atoms with van der Waals surface area (Å²) >= 11 is 0. The standard InChI is InChI=1S/C18H15F2N3O4S/c1-11-10-14(21-23(11)17-12(19)6-5-7-13(17)20)18(24)22-28(25,26)16-9-4-3-8-15(16)27-2/h3-10H,1-2H3,(H,22,24). The number of carbonyl (C=O) groups is 1. The van der Waals surface area contributed by atoms with Crippen LogP contribution in [-0.2, 0) is 10.0 Å². The number of para-hydroxylation sites is 2. The molecule has 0 spiro atoms. The van der Waals surface area contributed by atoms with Crippen molar-refractivity contribution in [2.45, 2.75) is 11.8 Å². The highest BCUT2D eigenvalue weighted by molar-refractivity contribution is 7.90. The molecular formula is C18H15F2N3O4S. The summed E-state index contributed by atoms with van der Waals surface area (Å²) in [6, 6.07) is 10.3.